The van der Waals surface area contributed by atoms with Crippen molar-refractivity contribution in [1.82, 2.24) is 5.32 Å². The van der Waals surface area contributed by atoms with E-state index in [1.807, 2.05) is 0 Å². The Balaban J connectivity index is 2.02. The zero-order valence-corrected chi connectivity index (χ0v) is 13.3. The lowest BCUT2D eigenvalue weighted by Crippen LogP contribution is -2.57. The summed E-state index contributed by atoms with van der Waals surface area (Å²) < 4.78 is 13.2. The molecule has 0 aromatic heterocycles. The minimum absolute atomic E-state index is 0.293. The lowest BCUT2D eigenvalue weighted by molar-refractivity contribution is -0.148. The average molecular weight is 325 g/mol. The molecule has 1 aromatic carbocycles. The Bertz CT molecular complexity index is 558. The summed E-state index contributed by atoms with van der Waals surface area (Å²) in [7, 11) is 0. The van der Waals surface area contributed by atoms with Crippen LogP contribution >= 0.6 is 11.8 Å². The maximum Gasteiger partial charge on any atom is 0.329 e. The molecule has 1 fully saturated rings. The Hall–Kier alpha value is -1.56. The van der Waals surface area contributed by atoms with Crippen molar-refractivity contribution in [1.29, 1.82) is 0 Å². The molecule has 0 saturated carbocycles. The van der Waals surface area contributed by atoms with Crippen LogP contribution in [0.25, 0.3) is 0 Å². The number of aliphatic carboxylic acids is 1. The fourth-order valence-corrected chi connectivity index (χ4v) is 3.77. The van der Waals surface area contributed by atoms with E-state index in [0.717, 1.165) is 17.1 Å². The van der Waals surface area contributed by atoms with Crippen LogP contribution in [0.5, 0.6) is 0 Å². The number of benzene rings is 1. The van der Waals surface area contributed by atoms with Gasteiger partial charge in [0.25, 0.3) is 0 Å². The molecule has 120 valence electrons. The molecule has 0 radical (unpaired) electrons. The molecule has 1 saturated heterocycles. The first-order valence-electron chi connectivity index (χ1n) is 7.30. The first-order valence-corrected chi connectivity index (χ1v) is 8.46. The number of nitrogens with one attached hydrogen (secondary N) is 1. The van der Waals surface area contributed by atoms with Gasteiger partial charge in [0.2, 0.25) is 5.91 Å². The molecule has 1 amide bonds. The molecule has 0 bridgehead atoms. The first kappa shape index (κ1) is 16.8. The standard InChI is InChI=1S/C16H20FNO3S/c1-11(9-12-3-2-4-13(17)10-12)14(19)18-16(15(20)21)5-7-22-8-6-16/h2-4,10-11H,5-9H2,1H3,(H,18,19)(H,20,21). The summed E-state index contributed by atoms with van der Waals surface area (Å²) in [5, 5.41) is 12.2. The van der Waals surface area contributed by atoms with Crippen molar-refractivity contribution < 1.29 is 19.1 Å². The summed E-state index contributed by atoms with van der Waals surface area (Å²) in [6, 6.07) is 6.12. The summed E-state index contributed by atoms with van der Waals surface area (Å²) in [5.41, 5.74) is -0.426. The van der Waals surface area contributed by atoms with Crippen LogP contribution < -0.4 is 5.32 Å². The Morgan fingerprint density at radius 2 is 2.09 bits per heavy atom. The zero-order chi connectivity index (χ0) is 16.2. The van der Waals surface area contributed by atoms with Gasteiger partial charge in [-0.2, -0.15) is 11.8 Å². The maximum atomic E-state index is 13.2. The minimum Gasteiger partial charge on any atom is -0.480 e. The van der Waals surface area contributed by atoms with E-state index >= 15 is 0 Å². The predicted octanol–water partition coefficient (Wildman–Crippen LogP) is 2.47. The molecular weight excluding hydrogens is 305 g/mol. The van der Waals surface area contributed by atoms with Crippen molar-refractivity contribution in [2.45, 2.75) is 31.7 Å². The third kappa shape index (κ3) is 4.00. The second kappa shape index (κ2) is 7.13. The molecule has 4 nitrogen and oxygen atoms in total. The van der Waals surface area contributed by atoms with E-state index in [1.165, 1.54) is 12.1 Å². The molecule has 22 heavy (non-hydrogen) atoms. The van der Waals surface area contributed by atoms with Crippen molar-refractivity contribution in [3.05, 3.63) is 35.6 Å². The van der Waals surface area contributed by atoms with Gasteiger partial charge in [0, 0.05) is 5.92 Å². The van der Waals surface area contributed by atoms with Crippen molar-refractivity contribution in [2.24, 2.45) is 5.92 Å². The van der Waals surface area contributed by atoms with E-state index in [2.05, 4.69) is 5.32 Å². The number of carboxylic acid groups (broad SMARTS) is 1. The highest BCUT2D eigenvalue weighted by Crippen LogP contribution is 2.28. The highest BCUT2D eigenvalue weighted by molar-refractivity contribution is 7.99. The Kier molecular flexibility index (Phi) is 5.45. The van der Waals surface area contributed by atoms with Crippen molar-refractivity contribution in [3.63, 3.8) is 0 Å². The molecule has 0 aliphatic carbocycles. The van der Waals surface area contributed by atoms with Crippen molar-refractivity contribution in [2.75, 3.05) is 11.5 Å². The van der Waals surface area contributed by atoms with E-state index in [4.69, 9.17) is 0 Å². The van der Waals surface area contributed by atoms with Gasteiger partial charge in [0.1, 0.15) is 11.4 Å². The number of carboxylic acids is 1. The second-order valence-electron chi connectivity index (χ2n) is 5.72. The number of rotatable bonds is 5. The smallest absolute Gasteiger partial charge is 0.329 e. The molecule has 2 N–H and O–H groups in total. The largest absolute Gasteiger partial charge is 0.480 e. The van der Waals surface area contributed by atoms with E-state index in [0.29, 0.717) is 19.3 Å². The molecule has 0 spiro atoms. The van der Waals surface area contributed by atoms with Gasteiger partial charge < -0.3 is 10.4 Å². The van der Waals surface area contributed by atoms with E-state index < -0.39 is 17.4 Å². The van der Waals surface area contributed by atoms with Crippen LogP contribution in [0.4, 0.5) is 4.39 Å². The number of amides is 1. The Labute approximate surface area is 133 Å². The fraction of sp³-hybridized carbons (Fsp3) is 0.500. The summed E-state index contributed by atoms with van der Waals surface area (Å²) >= 11 is 1.70. The highest BCUT2D eigenvalue weighted by Gasteiger charge is 2.41. The maximum absolute atomic E-state index is 13.2. The molecule has 6 heteroatoms. The lowest BCUT2D eigenvalue weighted by atomic mass is 9.90. The van der Waals surface area contributed by atoms with Crippen LogP contribution in [0, 0.1) is 11.7 Å². The molecule has 1 aliphatic heterocycles. The molecular formula is C16H20FNO3S. The van der Waals surface area contributed by atoms with Crippen LogP contribution in [-0.2, 0) is 16.0 Å². The molecule has 2 rings (SSSR count). The predicted molar refractivity (Wildman–Crippen MR) is 84.3 cm³/mol. The third-order valence-electron chi connectivity index (χ3n) is 4.00. The van der Waals surface area contributed by atoms with Crippen LogP contribution in [0.15, 0.2) is 24.3 Å². The van der Waals surface area contributed by atoms with Crippen LogP contribution in [-0.4, -0.2) is 34.0 Å². The molecule has 1 aliphatic rings. The summed E-state index contributed by atoms with van der Waals surface area (Å²) in [4.78, 5) is 23.9. The summed E-state index contributed by atoms with van der Waals surface area (Å²) in [6.45, 7) is 1.73. The van der Waals surface area contributed by atoms with Gasteiger partial charge >= 0.3 is 5.97 Å². The van der Waals surface area contributed by atoms with Gasteiger partial charge in [-0.15, -0.1) is 0 Å². The number of thioether (sulfide) groups is 1. The number of hydrogen-bond donors (Lipinski definition) is 2. The van der Waals surface area contributed by atoms with Crippen LogP contribution in [0.2, 0.25) is 0 Å². The monoisotopic (exact) mass is 325 g/mol. The Morgan fingerprint density at radius 3 is 2.68 bits per heavy atom. The van der Waals surface area contributed by atoms with Gasteiger partial charge in [0.15, 0.2) is 0 Å². The second-order valence-corrected chi connectivity index (χ2v) is 6.95. The molecule has 1 heterocycles. The normalized spacial score (nSPS) is 18.5. The van der Waals surface area contributed by atoms with E-state index in [9.17, 15) is 19.1 Å². The fourth-order valence-electron chi connectivity index (χ4n) is 2.58. The number of hydrogen-bond acceptors (Lipinski definition) is 3. The number of carbonyl (C=O) groups is 2. The zero-order valence-electron chi connectivity index (χ0n) is 12.5. The van der Waals surface area contributed by atoms with Crippen molar-refractivity contribution >= 4 is 23.6 Å². The van der Waals surface area contributed by atoms with Crippen LogP contribution in [0.1, 0.15) is 25.3 Å². The van der Waals surface area contributed by atoms with E-state index in [1.54, 1.807) is 30.8 Å². The van der Waals surface area contributed by atoms with E-state index in [-0.39, 0.29) is 11.7 Å². The summed E-state index contributed by atoms with van der Waals surface area (Å²) in [6.07, 6.45) is 1.25. The van der Waals surface area contributed by atoms with Crippen molar-refractivity contribution in [3.8, 4) is 0 Å². The van der Waals surface area contributed by atoms with Gasteiger partial charge in [-0.1, -0.05) is 19.1 Å². The van der Waals surface area contributed by atoms with Gasteiger partial charge in [-0.05, 0) is 48.5 Å². The lowest BCUT2D eigenvalue weighted by Gasteiger charge is -2.34. The Morgan fingerprint density at radius 1 is 1.41 bits per heavy atom. The van der Waals surface area contributed by atoms with Gasteiger partial charge in [-0.3, -0.25) is 4.79 Å². The topological polar surface area (TPSA) is 66.4 Å². The van der Waals surface area contributed by atoms with Crippen LogP contribution in [0.3, 0.4) is 0 Å². The number of carbonyl (C=O) groups excluding carboxylic acids is 1. The molecule has 1 aromatic rings. The SMILES string of the molecule is CC(Cc1cccc(F)c1)C(=O)NC1(C(=O)O)CCSCC1. The molecule has 1 atom stereocenters. The molecule has 1 unspecified atom stereocenters. The average Bonchev–Trinajstić information content (AvgIpc) is 2.48. The minimum atomic E-state index is -1.15. The summed E-state index contributed by atoms with van der Waals surface area (Å²) in [5.74, 6) is -0.558. The van der Waals surface area contributed by atoms with Gasteiger partial charge in [0.05, 0.1) is 0 Å². The highest BCUT2D eigenvalue weighted by atomic mass is 32.2. The first-order chi connectivity index (χ1) is 10.4. The van der Waals surface area contributed by atoms with Gasteiger partial charge in [-0.25, -0.2) is 9.18 Å². The number of halogens is 1. The quantitative estimate of drug-likeness (QED) is 0.873. The third-order valence-corrected chi connectivity index (χ3v) is 4.98.